The highest BCUT2D eigenvalue weighted by Crippen LogP contribution is 2.29. The number of pyridine rings is 1. The largest absolute Gasteiger partial charge is 0.352 e. The Morgan fingerprint density at radius 1 is 1.36 bits per heavy atom. The van der Waals surface area contributed by atoms with Crippen LogP contribution < -0.4 is 5.32 Å². The summed E-state index contributed by atoms with van der Waals surface area (Å²) in [4.78, 5) is 16.7. The van der Waals surface area contributed by atoms with Gasteiger partial charge in [0.05, 0.1) is 16.5 Å². The standard InChI is InChI=1S/C18H24ClN3O2S/c1-12-4-3-5-16(13(12)2)21-18(23)11-25(24)10-15-9-22-8-14(19)6-7-17(22)20-15/h6-9,12-13,16H,3-5,10-11H2,1-2H3,(H,21,23)/t12-,13+,16+,25-/m1/s1. The number of nitrogens with one attached hydrogen (secondary N) is 1. The number of halogens is 1. The summed E-state index contributed by atoms with van der Waals surface area (Å²) >= 11 is 5.96. The third-order valence-corrected chi connectivity index (χ3v) is 6.54. The minimum atomic E-state index is -1.28. The van der Waals surface area contributed by atoms with Gasteiger partial charge in [0, 0.05) is 29.2 Å². The smallest absolute Gasteiger partial charge is 0.232 e. The maximum absolute atomic E-state index is 12.3. The summed E-state index contributed by atoms with van der Waals surface area (Å²) in [7, 11) is -1.28. The zero-order chi connectivity index (χ0) is 18.0. The van der Waals surface area contributed by atoms with Gasteiger partial charge in [-0.2, -0.15) is 0 Å². The van der Waals surface area contributed by atoms with Crippen LogP contribution >= 0.6 is 11.6 Å². The third-order valence-electron chi connectivity index (χ3n) is 5.12. The van der Waals surface area contributed by atoms with Crippen LogP contribution in [0.2, 0.25) is 5.02 Å². The number of hydrogen-bond acceptors (Lipinski definition) is 3. The molecule has 2 aromatic heterocycles. The molecule has 5 nitrogen and oxygen atoms in total. The highest BCUT2D eigenvalue weighted by atomic mass is 35.5. The fourth-order valence-corrected chi connectivity index (χ4v) is 4.60. The molecule has 25 heavy (non-hydrogen) atoms. The minimum absolute atomic E-state index is 0.0201. The fraction of sp³-hybridized carbons (Fsp3) is 0.556. The lowest BCUT2D eigenvalue weighted by molar-refractivity contribution is -0.120. The molecule has 0 bridgehead atoms. The second kappa shape index (κ2) is 7.87. The van der Waals surface area contributed by atoms with Crippen LogP contribution in [0, 0.1) is 11.8 Å². The molecule has 4 atom stereocenters. The Morgan fingerprint density at radius 2 is 2.16 bits per heavy atom. The first-order valence-corrected chi connectivity index (χ1v) is 10.6. The van der Waals surface area contributed by atoms with E-state index in [-0.39, 0.29) is 23.5 Å². The molecule has 1 amide bonds. The lowest BCUT2D eigenvalue weighted by atomic mass is 9.78. The Hall–Kier alpha value is -1.40. The molecule has 0 unspecified atom stereocenters. The number of aromatic nitrogens is 2. The highest BCUT2D eigenvalue weighted by molar-refractivity contribution is 7.84. The van der Waals surface area contributed by atoms with E-state index in [0.29, 0.717) is 22.6 Å². The van der Waals surface area contributed by atoms with Crippen molar-refractivity contribution in [3.05, 3.63) is 35.2 Å². The Kier molecular flexibility index (Phi) is 5.79. The molecule has 0 spiro atoms. The van der Waals surface area contributed by atoms with Gasteiger partial charge in [-0.05, 0) is 30.4 Å². The van der Waals surface area contributed by atoms with E-state index in [2.05, 4.69) is 24.1 Å². The van der Waals surface area contributed by atoms with E-state index in [1.807, 2.05) is 12.3 Å². The van der Waals surface area contributed by atoms with E-state index in [0.717, 1.165) is 18.5 Å². The molecule has 2 aromatic rings. The van der Waals surface area contributed by atoms with Crippen LogP contribution in [0.25, 0.3) is 5.65 Å². The van der Waals surface area contributed by atoms with Crippen LogP contribution in [-0.4, -0.2) is 31.3 Å². The average Bonchev–Trinajstić information content (AvgIpc) is 2.92. The number of rotatable bonds is 5. The third kappa shape index (κ3) is 4.61. The molecular formula is C18H24ClN3O2S. The molecule has 2 heterocycles. The zero-order valence-electron chi connectivity index (χ0n) is 14.6. The maximum Gasteiger partial charge on any atom is 0.232 e. The average molecular weight is 382 g/mol. The molecule has 1 N–H and O–H groups in total. The first-order valence-electron chi connectivity index (χ1n) is 8.70. The second-order valence-corrected chi connectivity index (χ2v) is 8.91. The van der Waals surface area contributed by atoms with Crippen LogP contribution in [0.4, 0.5) is 0 Å². The summed E-state index contributed by atoms with van der Waals surface area (Å²) in [5.74, 6) is 1.25. The molecule has 7 heteroatoms. The van der Waals surface area contributed by atoms with Crippen LogP contribution in [0.15, 0.2) is 24.5 Å². The van der Waals surface area contributed by atoms with Crippen molar-refractivity contribution in [1.29, 1.82) is 0 Å². The summed E-state index contributed by atoms with van der Waals surface area (Å²) < 4.78 is 14.1. The molecule has 1 aliphatic rings. The van der Waals surface area contributed by atoms with Gasteiger partial charge < -0.3 is 9.72 Å². The van der Waals surface area contributed by atoms with E-state index in [4.69, 9.17) is 11.6 Å². The van der Waals surface area contributed by atoms with Gasteiger partial charge in [0.1, 0.15) is 11.4 Å². The Morgan fingerprint density at radius 3 is 2.96 bits per heavy atom. The molecule has 1 saturated carbocycles. The number of hydrogen-bond donors (Lipinski definition) is 1. The Balaban J connectivity index is 1.55. The van der Waals surface area contributed by atoms with Crippen LogP contribution in [0.5, 0.6) is 0 Å². The Labute approximate surface area is 155 Å². The van der Waals surface area contributed by atoms with Gasteiger partial charge in [-0.1, -0.05) is 38.3 Å². The molecular weight excluding hydrogens is 358 g/mol. The molecule has 1 fully saturated rings. The molecule has 0 radical (unpaired) electrons. The second-order valence-electron chi connectivity index (χ2n) is 7.01. The number of carbonyl (C=O) groups is 1. The quantitative estimate of drug-likeness (QED) is 0.865. The molecule has 0 aliphatic heterocycles. The van der Waals surface area contributed by atoms with Crippen molar-refractivity contribution in [3.8, 4) is 0 Å². The van der Waals surface area contributed by atoms with Crippen molar-refractivity contribution in [2.24, 2.45) is 11.8 Å². The normalized spacial score (nSPS) is 25.0. The van der Waals surface area contributed by atoms with E-state index in [9.17, 15) is 9.00 Å². The molecule has 1 aliphatic carbocycles. The van der Waals surface area contributed by atoms with Gasteiger partial charge in [0.15, 0.2) is 0 Å². The van der Waals surface area contributed by atoms with Crippen molar-refractivity contribution in [2.75, 3.05) is 5.75 Å². The lowest BCUT2D eigenvalue weighted by Gasteiger charge is -2.34. The summed E-state index contributed by atoms with van der Waals surface area (Å²) in [6.45, 7) is 4.42. The SMILES string of the molecule is C[C@H]1[C@H](C)CCC[C@@H]1NC(=O)C[S@](=O)Cc1cn2cc(Cl)ccc2n1. The van der Waals surface area contributed by atoms with E-state index in [1.165, 1.54) is 6.42 Å². The van der Waals surface area contributed by atoms with Gasteiger partial charge in [0.2, 0.25) is 5.91 Å². The van der Waals surface area contributed by atoms with E-state index in [1.54, 1.807) is 16.7 Å². The highest BCUT2D eigenvalue weighted by Gasteiger charge is 2.28. The van der Waals surface area contributed by atoms with Crippen molar-refractivity contribution in [3.63, 3.8) is 0 Å². The van der Waals surface area contributed by atoms with Crippen molar-refractivity contribution in [2.45, 2.75) is 44.9 Å². The Bertz CT molecular complexity index is 792. The van der Waals surface area contributed by atoms with Gasteiger partial charge in [-0.3, -0.25) is 9.00 Å². The lowest BCUT2D eigenvalue weighted by Crippen LogP contribution is -2.45. The monoisotopic (exact) mass is 381 g/mol. The predicted molar refractivity (Wildman–Crippen MR) is 101 cm³/mol. The number of nitrogens with zero attached hydrogens (tertiary/aromatic N) is 2. The predicted octanol–water partition coefficient (Wildman–Crippen LogP) is 3.18. The molecule has 0 saturated heterocycles. The zero-order valence-corrected chi connectivity index (χ0v) is 16.1. The number of carbonyl (C=O) groups excluding carboxylic acids is 1. The number of imidazole rings is 1. The molecule has 3 rings (SSSR count). The van der Waals surface area contributed by atoms with Crippen molar-refractivity contribution in [1.82, 2.24) is 14.7 Å². The van der Waals surface area contributed by atoms with E-state index < -0.39 is 10.8 Å². The first-order chi connectivity index (χ1) is 11.9. The number of fused-ring (bicyclic) bond motifs is 1. The van der Waals surface area contributed by atoms with Crippen LogP contribution in [-0.2, 0) is 21.3 Å². The van der Waals surface area contributed by atoms with Gasteiger partial charge in [0.25, 0.3) is 0 Å². The minimum Gasteiger partial charge on any atom is -0.352 e. The summed E-state index contributed by atoms with van der Waals surface area (Å²) in [5.41, 5.74) is 1.46. The molecule has 0 aromatic carbocycles. The topological polar surface area (TPSA) is 63.5 Å². The van der Waals surface area contributed by atoms with Crippen molar-refractivity contribution >= 4 is 34.0 Å². The van der Waals surface area contributed by atoms with Crippen molar-refractivity contribution < 1.29 is 9.00 Å². The number of amides is 1. The van der Waals surface area contributed by atoms with Gasteiger partial charge in [-0.15, -0.1) is 0 Å². The summed E-state index contributed by atoms with van der Waals surface area (Å²) in [5, 5.41) is 3.69. The summed E-state index contributed by atoms with van der Waals surface area (Å²) in [6, 6.07) is 3.78. The van der Waals surface area contributed by atoms with Crippen LogP contribution in [0.1, 0.15) is 38.8 Å². The molecule has 136 valence electrons. The summed E-state index contributed by atoms with van der Waals surface area (Å²) in [6.07, 6.45) is 6.94. The van der Waals surface area contributed by atoms with Gasteiger partial charge in [-0.25, -0.2) is 4.98 Å². The van der Waals surface area contributed by atoms with E-state index >= 15 is 0 Å². The maximum atomic E-state index is 12.3. The van der Waals surface area contributed by atoms with Gasteiger partial charge >= 0.3 is 0 Å². The van der Waals surface area contributed by atoms with Crippen LogP contribution in [0.3, 0.4) is 0 Å². The first kappa shape index (κ1) is 18.4. The fourth-order valence-electron chi connectivity index (χ4n) is 3.48.